The van der Waals surface area contributed by atoms with E-state index >= 15 is 0 Å². The summed E-state index contributed by atoms with van der Waals surface area (Å²) < 4.78 is 15.7. The minimum absolute atomic E-state index is 0.0450. The molecule has 0 saturated heterocycles. The van der Waals surface area contributed by atoms with Crippen molar-refractivity contribution in [3.63, 3.8) is 0 Å². The van der Waals surface area contributed by atoms with Crippen LogP contribution in [0.2, 0.25) is 5.02 Å². The molecule has 1 aliphatic carbocycles. The summed E-state index contributed by atoms with van der Waals surface area (Å²) in [6.45, 7) is 3.72. The quantitative estimate of drug-likeness (QED) is 0.246. The van der Waals surface area contributed by atoms with Crippen LogP contribution in [-0.2, 0) is 14.3 Å². The third-order valence-corrected chi connectivity index (χ3v) is 5.30. The van der Waals surface area contributed by atoms with E-state index in [9.17, 15) is 20.1 Å². The third-order valence-electron chi connectivity index (χ3n) is 5.06. The molecule has 0 aliphatic heterocycles. The molecular formula is C24H33ClO7. The fourth-order valence-electron chi connectivity index (χ4n) is 3.59. The number of hydrogen-bond donors (Lipinski definition) is 3. The van der Waals surface area contributed by atoms with Crippen molar-refractivity contribution in [1.82, 2.24) is 0 Å². The highest BCUT2D eigenvalue weighted by molar-refractivity contribution is 6.30. The van der Waals surface area contributed by atoms with Crippen molar-refractivity contribution in [1.29, 1.82) is 0 Å². The Morgan fingerprint density at radius 2 is 2.03 bits per heavy atom. The second-order valence-corrected chi connectivity index (χ2v) is 8.53. The highest BCUT2D eigenvalue weighted by Gasteiger charge is 2.39. The third kappa shape index (κ3) is 9.30. The van der Waals surface area contributed by atoms with Crippen LogP contribution in [0.4, 0.5) is 0 Å². The van der Waals surface area contributed by atoms with Crippen LogP contribution < -0.4 is 4.74 Å². The second-order valence-electron chi connectivity index (χ2n) is 8.09. The maximum Gasteiger partial charge on any atom is 0.332 e. The molecule has 0 heterocycles. The van der Waals surface area contributed by atoms with E-state index in [-0.39, 0.29) is 44.2 Å². The number of carbonyl (C=O) groups is 1. The highest BCUT2D eigenvalue weighted by Crippen LogP contribution is 2.36. The predicted molar refractivity (Wildman–Crippen MR) is 122 cm³/mol. The van der Waals surface area contributed by atoms with Gasteiger partial charge in [-0.25, -0.2) is 4.79 Å². The molecule has 178 valence electrons. The molecule has 7 nitrogen and oxygen atoms in total. The number of ether oxygens (including phenoxy) is 3. The smallest absolute Gasteiger partial charge is 0.332 e. The summed E-state index contributed by atoms with van der Waals surface area (Å²) >= 11 is 5.91. The maximum absolute atomic E-state index is 11.4. The van der Waals surface area contributed by atoms with Crippen LogP contribution in [-0.4, -0.2) is 65.5 Å². The Bertz CT molecular complexity index is 764. The first-order valence-corrected chi connectivity index (χ1v) is 11.2. The van der Waals surface area contributed by atoms with Gasteiger partial charge in [-0.15, -0.1) is 0 Å². The zero-order chi connectivity index (χ0) is 23.5. The minimum Gasteiger partial charge on any atom is -0.491 e. The molecule has 1 aliphatic rings. The zero-order valence-electron chi connectivity index (χ0n) is 18.5. The average Bonchev–Trinajstić information content (AvgIpc) is 2.99. The molecule has 0 amide bonds. The summed E-state index contributed by atoms with van der Waals surface area (Å²) in [4.78, 5) is 11.4. The van der Waals surface area contributed by atoms with Gasteiger partial charge in [-0.1, -0.05) is 42.0 Å². The van der Waals surface area contributed by atoms with Gasteiger partial charge in [0.05, 0.1) is 24.9 Å². The Labute approximate surface area is 194 Å². The van der Waals surface area contributed by atoms with E-state index in [0.29, 0.717) is 17.2 Å². The molecule has 1 aromatic carbocycles. The van der Waals surface area contributed by atoms with Gasteiger partial charge in [0.1, 0.15) is 25.1 Å². The van der Waals surface area contributed by atoms with Gasteiger partial charge in [0, 0.05) is 17.4 Å². The van der Waals surface area contributed by atoms with Gasteiger partial charge in [-0.3, -0.25) is 0 Å². The Hall–Kier alpha value is -1.90. The van der Waals surface area contributed by atoms with Crippen LogP contribution in [0.15, 0.2) is 48.6 Å². The normalized spacial score (nSPS) is 24.5. The first-order chi connectivity index (χ1) is 15.3. The fourth-order valence-corrected chi connectivity index (χ4v) is 3.77. The van der Waals surface area contributed by atoms with Crippen LogP contribution in [0.25, 0.3) is 0 Å². The van der Waals surface area contributed by atoms with E-state index in [0.717, 1.165) is 0 Å². The monoisotopic (exact) mass is 468 g/mol. The first kappa shape index (κ1) is 26.4. The lowest BCUT2D eigenvalue weighted by molar-refractivity contribution is -0.152. The highest BCUT2D eigenvalue weighted by atomic mass is 35.5. The van der Waals surface area contributed by atoms with Crippen molar-refractivity contribution in [2.45, 2.75) is 51.1 Å². The number of allylic oxidation sites excluding steroid dienone is 1. The summed E-state index contributed by atoms with van der Waals surface area (Å²) in [7, 11) is 0. The number of aliphatic hydroxyl groups is 3. The summed E-state index contributed by atoms with van der Waals surface area (Å²) in [6.07, 6.45) is 5.38. The van der Waals surface area contributed by atoms with Crippen LogP contribution in [0, 0.1) is 11.8 Å². The molecule has 5 atom stereocenters. The van der Waals surface area contributed by atoms with Gasteiger partial charge in [0.2, 0.25) is 0 Å². The molecule has 0 spiro atoms. The molecule has 1 aromatic rings. The summed E-state index contributed by atoms with van der Waals surface area (Å²) in [5.74, 6) is -0.336. The van der Waals surface area contributed by atoms with Crippen LogP contribution in [0.1, 0.15) is 26.7 Å². The summed E-state index contributed by atoms with van der Waals surface area (Å²) in [5, 5.41) is 31.4. The van der Waals surface area contributed by atoms with Crippen LogP contribution in [0.3, 0.4) is 0 Å². The fraction of sp³-hybridized carbons (Fsp3) is 0.542. The molecule has 0 unspecified atom stereocenters. The number of hydrogen-bond acceptors (Lipinski definition) is 7. The summed E-state index contributed by atoms with van der Waals surface area (Å²) in [6, 6.07) is 6.91. The van der Waals surface area contributed by atoms with Gasteiger partial charge in [-0.2, -0.15) is 0 Å². The van der Waals surface area contributed by atoms with Gasteiger partial charge < -0.3 is 29.5 Å². The second kappa shape index (κ2) is 13.6. The van der Waals surface area contributed by atoms with Gasteiger partial charge in [-0.05, 0) is 44.4 Å². The average molecular weight is 469 g/mol. The number of benzene rings is 1. The molecule has 8 heteroatoms. The van der Waals surface area contributed by atoms with Crippen molar-refractivity contribution in [3.8, 4) is 5.75 Å². The lowest BCUT2D eigenvalue weighted by atomic mass is 9.90. The van der Waals surface area contributed by atoms with Crippen LogP contribution >= 0.6 is 11.6 Å². The Morgan fingerprint density at radius 3 is 2.75 bits per heavy atom. The van der Waals surface area contributed by atoms with Gasteiger partial charge >= 0.3 is 5.97 Å². The standard InChI is InChI=1S/C24H33ClO7/c1-16(2)32-24(29)15-30-11-4-3-8-20-21(23(28)13-22(20)27)10-9-18(26)14-31-19-7-5-6-17(25)12-19/h3-7,9-10,12,16,18,20-23,26-28H,8,11,13-15H2,1-2H3/b4-3-,10-9+/t18-,20-,21-,22+,23-/m1/s1. The molecule has 1 fully saturated rings. The number of aliphatic hydroxyl groups excluding tert-OH is 3. The summed E-state index contributed by atoms with van der Waals surface area (Å²) in [5.41, 5.74) is 0. The number of esters is 1. The zero-order valence-corrected chi connectivity index (χ0v) is 19.2. The lowest BCUT2D eigenvalue weighted by Gasteiger charge is -2.19. The minimum atomic E-state index is -0.867. The number of rotatable bonds is 12. The van der Waals surface area contributed by atoms with E-state index in [1.165, 1.54) is 0 Å². The Morgan fingerprint density at radius 1 is 1.25 bits per heavy atom. The largest absolute Gasteiger partial charge is 0.491 e. The molecule has 0 radical (unpaired) electrons. The van der Waals surface area contributed by atoms with Crippen molar-refractivity contribution in [2.24, 2.45) is 11.8 Å². The van der Waals surface area contributed by atoms with Crippen LogP contribution in [0.5, 0.6) is 5.75 Å². The first-order valence-electron chi connectivity index (χ1n) is 10.8. The van der Waals surface area contributed by atoms with Crippen molar-refractivity contribution >= 4 is 17.6 Å². The molecule has 1 saturated carbocycles. The lowest BCUT2D eigenvalue weighted by Crippen LogP contribution is -2.21. The van der Waals surface area contributed by atoms with Crippen molar-refractivity contribution in [2.75, 3.05) is 19.8 Å². The molecule has 3 N–H and O–H groups in total. The van der Waals surface area contributed by atoms with E-state index in [1.807, 2.05) is 6.08 Å². The van der Waals surface area contributed by atoms with E-state index in [2.05, 4.69) is 0 Å². The number of carbonyl (C=O) groups excluding carboxylic acids is 1. The van der Waals surface area contributed by atoms with E-state index < -0.39 is 24.3 Å². The number of halogens is 1. The predicted octanol–water partition coefficient (Wildman–Crippen LogP) is 2.91. The molecule has 0 bridgehead atoms. The van der Waals surface area contributed by atoms with Crippen molar-refractivity contribution in [3.05, 3.63) is 53.6 Å². The SMILES string of the molecule is CC(C)OC(=O)COC/C=C\C[C@@H]1[C@@H](/C=C/[C@@H](O)COc2cccc(Cl)c2)[C@H](O)C[C@@H]1O. The molecule has 32 heavy (non-hydrogen) atoms. The van der Waals surface area contributed by atoms with E-state index in [1.54, 1.807) is 56.3 Å². The topological polar surface area (TPSA) is 105 Å². The molecular weight excluding hydrogens is 436 g/mol. The van der Waals surface area contributed by atoms with Gasteiger partial charge in [0.15, 0.2) is 0 Å². The Kier molecular flexibility index (Phi) is 11.2. The molecule has 2 rings (SSSR count). The van der Waals surface area contributed by atoms with E-state index in [4.69, 9.17) is 25.8 Å². The molecule has 0 aromatic heterocycles. The van der Waals surface area contributed by atoms with Crippen molar-refractivity contribution < 1.29 is 34.3 Å². The maximum atomic E-state index is 11.4. The van der Waals surface area contributed by atoms with Gasteiger partial charge in [0.25, 0.3) is 0 Å². The Balaban J connectivity index is 1.78.